The van der Waals surface area contributed by atoms with E-state index in [1.54, 1.807) is 0 Å². The molecular weight excluding hydrogens is 356 g/mol. The van der Waals surface area contributed by atoms with E-state index in [1.165, 1.54) is 49.7 Å². The molecule has 0 fully saturated rings. The maximum atomic E-state index is 5.88. The quantitative estimate of drug-likeness (QED) is 0.239. The predicted molar refractivity (Wildman–Crippen MR) is 125 cm³/mol. The van der Waals surface area contributed by atoms with Crippen molar-refractivity contribution in [3.8, 4) is 22.6 Å². The van der Waals surface area contributed by atoms with Crippen LogP contribution in [0, 0.1) is 0 Å². The Morgan fingerprint density at radius 3 is 1.79 bits per heavy atom. The Bertz CT molecular complexity index is 711. The third kappa shape index (κ3) is 9.51. The highest BCUT2D eigenvalue weighted by Gasteiger charge is 2.00. The van der Waals surface area contributed by atoms with Gasteiger partial charge in [-0.3, -0.25) is 0 Å². The van der Waals surface area contributed by atoms with E-state index in [1.807, 2.05) is 43.4 Å². The van der Waals surface area contributed by atoms with E-state index in [0.717, 1.165) is 24.5 Å². The summed E-state index contributed by atoms with van der Waals surface area (Å²) in [5, 5.41) is 0. The van der Waals surface area contributed by atoms with Crippen molar-refractivity contribution in [1.29, 1.82) is 0 Å². The van der Waals surface area contributed by atoms with Gasteiger partial charge in [0, 0.05) is 0 Å². The molecule has 0 atom stereocenters. The zero-order valence-corrected chi connectivity index (χ0v) is 18.1. The molecule has 2 aromatic carbocycles. The van der Waals surface area contributed by atoms with E-state index in [9.17, 15) is 0 Å². The second-order valence-electron chi connectivity index (χ2n) is 7.28. The summed E-state index contributed by atoms with van der Waals surface area (Å²) in [4.78, 5) is 0. The molecule has 156 valence electrons. The van der Waals surface area contributed by atoms with Gasteiger partial charge in [-0.25, -0.2) is 0 Å². The lowest BCUT2D eigenvalue weighted by molar-refractivity contribution is 0.304. The van der Waals surface area contributed by atoms with Crippen molar-refractivity contribution in [1.82, 2.24) is 0 Å². The summed E-state index contributed by atoms with van der Waals surface area (Å²) in [6.45, 7) is 5.64. The molecule has 0 heterocycles. The van der Waals surface area contributed by atoms with Crippen molar-refractivity contribution in [3.63, 3.8) is 0 Å². The van der Waals surface area contributed by atoms with Gasteiger partial charge in [-0.2, -0.15) is 0 Å². The van der Waals surface area contributed by atoms with Gasteiger partial charge in [0.1, 0.15) is 18.1 Å². The Morgan fingerprint density at radius 1 is 0.655 bits per heavy atom. The molecule has 0 saturated heterocycles. The van der Waals surface area contributed by atoms with Gasteiger partial charge in [0.25, 0.3) is 0 Å². The largest absolute Gasteiger partial charge is 0.494 e. The molecule has 0 bridgehead atoms. The highest BCUT2D eigenvalue weighted by molar-refractivity contribution is 5.64. The van der Waals surface area contributed by atoms with Crippen LogP contribution in [0.5, 0.6) is 11.5 Å². The van der Waals surface area contributed by atoms with Gasteiger partial charge in [-0.05, 0) is 54.8 Å². The number of ether oxygens (including phenoxy) is 2. The topological polar surface area (TPSA) is 18.5 Å². The average Bonchev–Trinajstić information content (AvgIpc) is 2.76. The Hall–Kier alpha value is -2.48. The molecule has 0 aliphatic heterocycles. The van der Waals surface area contributed by atoms with Crippen LogP contribution in [0.15, 0.2) is 72.8 Å². The van der Waals surface area contributed by atoms with Crippen LogP contribution in [0.2, 0.25) is 0 Å². The molecule has 0 radical (unpaired) electrons. The highest BCUT2D eigenvalue weighted by atomic mass is 16.5. The molecular formula is C27H36O2. The van der Waals surface area contributed by atoms with Gasteiger partial charge in [-0.1, -0.05) is 87.9 Å². The van der Waals surface area contributed by atoms with E-state index in [0.29, 0.717) is 6.61 Å². The predicted octanol–water partition coefficient (Wildman–Crippen LogP) is 7.99. The fraction of sp³-hybridized carbons (Fsp3) is 0.407. The molecule has 2 heteroatoms. The fourth-order valence-corrected chi connectivity index (χ4v) is 3.13. The Kier molecular flexibility index (Phi) is 11.4. The minimum Gasteiger partial charge on any atom is -0.494 e. The van der Waals surface area contributed by atoms with Crippen LogP contribution in [0.25, 0.3) is 11.1 Å². The van der Waals surface area contributed by atoms with Crippen LogP contribution in [0.1, 0.15) is 58.8 Å². The molecule has 0 saturated carbocycles. The second-order valence-corrected chi connectivity index (χ2v) is 7.28. The first-order valence-corrected chi connectivity index (χ1v) is 11.1. The van der Waals surface area contributed by atoms with Gasteiger partial charge in [-0.15, -0.1) is 0 Å². The van der Waals surface area contributed by atoms with Gasteiger partial charge in [0.15, 0.2) is 0 Å². The summed E-state index contributed by atoms with van der Waals surface area (Å²) in [6.07, 6.45) is 17.1. The van der Waals surface area contributed by atoms with Gasteiger partial charge in [0.05, 0.1) is 6.61 Å². The van der Waals surface area contributed by atoms with E-state index >= 15 is 0 Å². The third-order valence-electron chi connectivity index (χ3n) is 4.84. The van der Waals surface area contributed by atoms with Gasteiger partial charge >= 0.3 is 0 Å². The number of hydrogen-bond acceptors (Lipinski definition) is 2. The summed E-state index contributed by atoms with van der Waals surface area (Å²) in [5.74, 6) is 1.83. The number of allylic oxidation sites excluding steroid dienone is 3. The van der Waals surface area contributed by atoms with Crippen molar-refractivity contribution in [2.45, 2.75) is 58.8 Å². The zero-order chi connectivity index (χ0) is 20.6. The zero-order valence-electron chi connectivity index (χ0n) is 18.1. The number of rotatable bonds is 14. The molecule has 0 aliphatic rings. The normalized spacial score (nSPS) is 11.4. The summed E-state index contributed by atoms with van der Waals surface area (Å²) in [6, 6.07) is 16.6. The molecule has 2 nitrogen and oxygen atoms in total. The number of unbranched alkanes of at least 4 members (excludes halogenated alkanes) is 6. The SMILES string of the molecule is CC=CC=CCOc1ccc(-c2ccc(OCCCCCCCCC)cc2)cc1. The summed E-state index contributed by atoms with van der Waals surface area (Å²) < 4.78 is 11.6. The van der Waals surface area contributed by atoms with Crippen LogP contribution in [0.4, 0.5) is 0 Å². The average molecular weight is 393 g/mol. The molecule has 2 rings (SSSR count). The summed E-state index contributed by atoms with van der Waals surface area (Å²) >= 11 is 0. The molecule has 2 aromatic rings. The summed E-state index contributed by atoms with van der Waals surface area (Å²) in [7, 11) is 0. The molecule has 0 aromatic heterocycles. The van der Waals surface area contributed by atoms with Crippen molar-refractivity contribution in [2.24, 2.45) is 0 Å². The van der Waals surface area contributed by atoms with Crippen molar-refractivity contribution in [3.05, 3.63) is 72.8 Å². The molecule has 29 heavy (non-hydrogen) atoms. The third-order valence-corrected chi connectivity index (χ3v) is 4.84. The van der Waals surface area contributed by atoms with Crippen LogP contribution in [-0.4, -0.2) is 13.2 Å². The van der Waals surface area contributed by atoms with Crippen molar-refractivity contribution in [2.75, 3.05) is 13.2 Å². The maximum absolute atomic E-state index is 5.88. The Balaban J connectivity index is 1.71. The highest BCUT2D eigenvalue weighted by Crippen LogP contribution is 2.25. The standard InChI is InChI=1S/C27H36O2/c1-3-5-7-9-10-11-13-23-29-27-20-16-25(17-21-27)24-14-18-26(19-15-24)28-22-12-8-6-4-2/h4,6,8,12,14-21H,3,5,7,9-11,13,22-23H2,1-2H3. The molecule has 0 aliphatic carbocycles. The van der Waals surface area contributed by atoms with Crippen LogP contribution in [-0.2, 0) is 0 Å². The first-order chi connectivity index (χ1) is 14.3. The first-order valence-electron chi connectivity index (χ1n) is 11.1. The smallest absolute Gasteiger partial charge is 0.119 e. The molecule has 0 N–H and O–H groups in total. The van der Waals surface area contributed by atoms with Crippen LogP contribution in [0.3, 0.4) is 0 Å². The van der Waals surface area contributed by atoms with Crippen molar-refractivity contribution >= 4 is 0 Å². The number of hydrogen-bond donors (Lipinski definition) is 0. The fourth-order valence-electron chi connectivity index (χ4n) is 3.13. The van der Waals surface area contributed by atoms with E-state index in [2.05, 4.69) is 43.3 Å². The maximum Gasteiger partial charge on any atom is 0.119 e. The summed E-state index contributed by atoms with van der Waals surface area (Å²) in [5.41, 5.74) is 2.37. The molecule has 0 spiro atoms. The van der Waals surface area contributed by atoms with E-state index < -0.39 is 0 Å². The van der Waals surface area contributed by atoms with Gasteiger partial charge in [0.2, 0.25) is 0 Å². The lowest BCUT2D eigenvalue weighted by atomic mass is 10.1. The minimum atomic E-state index is 0.578. The lowest BCUT2D eigenvalue weighted by Gasteiger charge is -2.08. The lowest BCUT2D eigenvalue weighted by Crippen LogP contribution is -1.97. The van der Waals surface area contributed by atoms with Crippen LogP contribution < -0.4 is 9.47 Å². The second kappa shape index (κ2) is 14.5. The first kappa shape index (κ1) is 22.8. The van der Waals surface area contributed by atoms with Gasteiger partial charge < -0.3 is 9.47 Å². The molecule has 0 amide bonds. The Labute approximate surface area is 177 Å². The van der Waals surface area contributed by atoms with E-state index in [-0.39, 0.29) is 0 Å². The monoisotopic (exact) mass is 392 g/mol. The Morgan fingerprint density at radius 2 is 1.21 bits per heavy atom. The molecule has 0 unspecified atom stereocenters. The van der Waals surface area contributed by atoms with Crippen molar-refractivity contribution < 1.29 is 9.47 Å². The number of benzene rings is 2. The van der Waals surface area contributed by atoms with Crippen LogP contribution >= 0.6 is 0 Å². The minimum absolute atomic E-state index is 0.578. The van der Waals surface area contributed by atoms with E-state index in [4.69, 9.17) is 9.47 Å².